The van der Waals surface area contributed by atoms with Gasteiger partial charge in [0.1, 0.15) is 0 Å². The first-order valence-electron chi connectivity index (χ1n) is 8.30. The third kappa shape index (κ3) is 3.36. The molecule has 3 N–H and O–H groups in total. The number of aliphatic hydroxyl groups excluding tert-OH is 1. The lowest BCUT2D eigenvalue weighted by Gasteiger charge is -2.05. The molecule has 0 aliphatic carbocycles. The van der Waals surface area contributed by atoms with Gasteiger partial charge < -0.3 is 15.5 Å². The van der Waals surface area contributed by atoms with Crippen LogP contribution in [0.2, 0.25) is 0 Å². The van der Waals surface area contributed by atoms with Gasteiger partial charge in [0, 0.05) is 11.3 Å². The fourth-order valence-electron chi connectivity index (χ4n) is 2.83. The summed E-state index contributed by atoms with van der Waals surface area (Å²) in [6.45, 7) is -0.0275. The molecule has 0 bridgehead atoms. The third-order valence-electron chi connectivity index (χ3n) is 4.15. The van der Waals surface area contributed by atoms with Crippen LogP contribution in [0.1, 0.15) is 15.9 Å². The lowest BCUT2D eigenvalue weighted by Crippen LogP contribution is -1.98. The van der Waals surface area contributed by atoms with E-state index in [1.807, 2.05) is 42.5 Å². The summed E-state index contributed by atoms with van der Waals surface area (Å²) in [5.74, 6) is -0.564. The van der Waals surface area contributed by atoms with E-state index in [1.165, 1.54) is 12.1 Å². The number of hydrogen-bond acceptors (Lipinski definition) is 5. The van der Waals surface area contributed by atoms with Crippen LogP contribution in [-0.2, 0) is 6.61 Å². The number of aromatic nitrogens is 3. The Morgan fingerprint density at radius 3 is 2.56 bits per heavy atom. The van der Waals surface area contributed by atoms with Gasteiger partial charge in [0.05, 0.1) is 17.9 Å². The molecule has 0 atom stereocenters. The number of aromatic carboxylic acids is 1. The van der Waals surface area contributed by atoms with E-state index in [2.05, 4.69) is 15.4 Å². The molecule has 0 unspecified atom stereocenters. The predicted octanol–water partition coefficient (Wildman–Crippen LogP) is 3.33. The number of benzene rings is 2. The van der Waals surface area contributed by atoms with Crippen molar-refractivity contribution < 1.29 is 15.0 Å². The molecular weight excluding hydrogens is 344 g/mol. The topological polar surface area (TPSA) is 99.8 Å². The van der Waals surface area contributed by atoms with Crippen molar-refractivity contribution in [3.8, 4) is 11.3 Å². The van der Waals surface area contributed by atoms with Gasteiger partial charge in [-0.1, -0.05) is 24.3 Å². The van der Waals surface area contributed by atoms with Crippen LogP contribution in [0.25, 0.3) is 16.9 Å². The zero-order chi connectivity index (χ0) is 18.8. The zero-order valence-electron chi connectivity index (χ0n) is 14.2. The van der Waals surface area contributed by atoms with E-state index in [9.17, 15) is 9.90 Å². The summed E-state index contributed by atoms with van der Waals surface area (Å²) in [5, 5.41) is 25.9. The quantitative estimate of drug-likeness (QED) is 0.505. The molecule has 7 heteroatoms. The molecule has 0 radical (unpaired) electrons. The maximum absolute atomic E-state index is 10.9. The second-order valence-electron chi connectivity index (χ2n) is 5.98. The molecular formula is C20H16N4O3. The second kappa shape index (κ2) is 6.89. The number of nitrogens with one attached hydrogen (secondary N) is 1. The predicted molar refractivity (Wildman–Crippen MR) is 101 cm³/mol. The Morgan fingerprint density at radius 2 is 1.81 bits per heavy atom. The Kier molecular flexibility index (Phi) is 4.27. The van der Waals surface area contributed by atoms with Gasteiger partial charge in [-0.2, -0.15) is 4.98 Å². The van der Waals surface area contributed by atoms with Gasteiger partial charge in [-0.25, -0.2) is 9.31 Å². The van der Waals surface area contributed by atoms with Crippen molar-refractivity contribution in [2.24, 2.45) is 0 Å². The van der Waals surface area contributed by atoms with E-state index in [0.29, 0.717) is 17.3 Å². The van der Waals surface area contributed by atoms with Crippen molar-refractivity contribution >= 4 is 23.3 Å². The van der Waals surface area contributed by atoms with Gasteiger partial charge in [0.2, 0.25) is 5.95 Å². The van der Waals surface area contributed by atoms with Gasteiger partial charge in [-0.3, -0.25) is 0 Å². The standard InChI is InChI=1S/C20H16N4O3/c25-12-13-3-1-4-15(11-13)17-5-2-6-18-22-20(23-24(17)18)21-16-9-7-14(8-10-16)19(26)27/h1-11,25H,12H2,(H,21,23)(H,26,27). The van der Waals surface area contributed by atoms with Crippen LogP contribution in [0.5, 0.6) is 0 Å². The number of hydrogen-bond donors (Lipinski definition) is 3. The molecule has 0 saturated carbocycles. The Balaban J connectivity index is 1.69. The zero-order valence-corrected chi connectivity index (χ0v) is 14.2. The van der Waals surface area contributed by atoms with Gasteiger partial charge in [0.15, 0.2) is 5.65 Å². The molecule has 0 spiro atoms. The molecule has 27 heavy (non-hydrogen) atoms. The smallest absolute Gasteiger partial charge is 0.335 e. The number of carboxylic acid groups (broad SMARTS) is 1. The SMILES string of the molecule is O=C(O)c1ccc(Nc2nc3cccc(-c4cccc(CO)c4)n3n2)cc1. The maximum Gasteiger partial charge on any atom is 0.335 e. The highest BCUT2D eigenvalue weighted by molar-refractivity contribution is 5.88. The fourth-order valence-corrected chi connectivity index (χ4v) is 2.83. The number of fused-ring (bicyclic) bond motifs is 1. The largest absolute Gasteiger partial charge is 0.478 e. The van der Waals surface area contributed by atoms with Gasteiger partial charge in [-0.05, 0) is 48.0 Å². The van der Waals surface area contributed by atoms with E-state index in [-0.39, 0.29) is 12.2 Å². The number of pyridine rings is 1. The van der Waals surface area contributed by atoms with Crippen molar-refractivity contribution in [1.82, 2.24) is 14.6 Å². The van der Waals surface area contributed by atoms with E-state index in [0.717, 1.165) is 16.8 Å². The molecule has 134 valence electrons. The van der Waals surface area contributed by atoms with Crippen molar-refractivity contribution in [3.05, 3.63) is 77.9 Å². The lowest BCUT2D eigenvalue weighted by molar-refractivity contribution is 0.0697. The van der Waals surface area contributed by atoms with Gasteiger partial charge in [0.25, 0.3) is 0 Å². The molecule has 4 rings (SSSR count). The van der Waals surface area contributed by atoms with Crippen LogP contribution < -0.4 is 5.32 Å². The first-order chi connectivity index (χ1) is 13.1. The number of carboxylic acids is 1. The number of anilines is 2. The number of aliphatic hydroxyl groups is 1. The van der Waals surface area contributed by atoms with E-state index >= 15 is 0 Å². The van der Waals surface area contributed by atoms with Gasteiger partial charge >= 0.3 is 5.97 Å². The van der Waals surface area contributed by atoms with Crippen LogP contribution >= 0.6 is 0 Å². The molecule has 0 saturated heterocycles. The molecule has 7 nitrogen and oxygen atoms in total. The second-order valence-corrected chi connectivity index (χ2v) is 5.98. The van der Waals surface area contributed by atoms with E-state index < -0.39 is 5.97 Å². The van der Waals surface area contributed by atoms with Crippen LogP contribution in [0.15, 0.2) is 66.7 Å². The average molecular weight is 360 g/mol. The van der Waals surface area contributed by atoms with Gasteiger partial charge in [-0.15, -0.1) is 5.10 Å². The molecule has 0 aliphatic heterocycles. The highest BCUT2D eigenvalue weighted by atomic mass is 16.4. The van der Waals surface area contributed by atoms with Crippen molar-refractivity contribution in [1.29, 1.82) is 0 Å². The Hall–Kier alpha value is -3.71. The molecule has 0 amide bonds. The monoisotopic (exact) mass is 360 g/mol. The first kappa shape index (κ1) is 16.7. The summed E-state index contributed by atoms with van der Waals surface area (Å²) in [7, 11) is 0. The van der Waals surface area contributed by atoms with Crippen molar-refractivity contribution in [3.63, 3.8) is 0 Å². The lowest BCUT2D eigenvalue weighted by atomic mass is 10.1. The summed E-state index contributed by atoms with van der Waals surface area (Å²) in [6.07, 6.45) is 0. The minimum absolute atomic E-state index is 0.0275. The summed E-state index contributed by atoms with van der Waals surface area (Å²) in [6, 6.07) is 19.7. The fraction of sp³-hybridized carbons (Fsp3) is 0.0500. The van der Waals surface area contributed by atoms with Crippen molar-refractivity contribution in [2.45, 2.75) is 6.61 Å². The number of nitrogens with zero attached hydrogens (tertiary/aromatic N) is 3. The normalized spacial score (nSPS) is 10.9. The Labute approximate surface area is 154 Å². The molecule has 4 aromatic rings. The van der Waals surface area contributed by atoms with E-state index in [1.54, 1.807) is 16.6 Å². The molecule has 0 fully saturated rings. The minimum atomic E-state index is -0.970. The molecule has 0 aliphatic rings. The Bertz CT molecular complexity index is 1120. The number of carbonyl (C=O) groups is 1. The van der Waals surface area contributed by atoms with Crippen LogP contribution in [0.4, 0.5) is 11.6 Å². The van der Waals surface area contributed by atoms with Crippen molar-refractivity contribution in [2.75, 3.05) is 5.32 Å². The maximum atomic E-state index is 10.9. The first-order valence-corrected chi connectivity index (χ1v) is 8.30. The van der Waals surface area contributed by atoms with Crippen LogP contribution in [-0.4, -0.2) is 30.8 Å². The molecule has 2 aromatic carbocycles. The molecule has 2 heterocycles. The summed E-state index contributed by atoms with van der Waals surface area (Å²) < 4.78 is 1.73. The average Bonchev–Trinajstić information content (AvgIpc) is 3.10. The summed E-state index contributed by atoms with van der Waals surface area (Å²) >= 11 is 0. The third-order valence-corrected chi connectivity index (χ3v) is 4.15. The number of rotatable bonds is 5. The summed E-state index contributed by atoms with van der Waals surface area (Å²) in [5.41, 5.74) is 4.18. The highest BCUT2D eigenvalue weighted by Crippen LogP contribution is 2.23. The molecule has 2 aromatic heterocycles. The van der Waals surface area contributed by atoms with Crippen LogP contribution in [0, 0.1) is 0 Å². The van der Waals surface area contributed by atoms with E-state index in [4.69, 9.17) is 5.11 Å². The minimum Gasteiger partial charge on any atom is -0.478 e. The van der Waals surface area contributed by atoms with Crippen LogP contribution in [0.3, 0.4) is 0 Å². The highest BCUT2D eigenvalue weighted by Gasteiger charge is 2.10. The Morgan fingerprint density at radius 1 is 1.04 bits per heavy atom. The summed E-state index contributed by atoms with van der Waals surface area (Å²) in [4.78, 5) is 15.4.